The highest BCUT2D eigenvalue weighted by Crippen LogP contribution is 2.22. The van der Waals surface area contributed by atoms with E-state index in [2.05, 4.69) is 10.6 Å². The summed E-state index contributed by atoms with van der Waals surface area (Å²) in [5, 5.41) is 5.65. The summed E-state index contributed by atoms with van der Waals surface area (Å²) in [7, 11) is 0. The second kappa shape index (κ2) is 10.5. The van der Waals surface area contributed by atoms with Crippen LogP contribution in [0.25, 0.3) is 11.1 Å². The fraction of sp³-hybridized carbons (Fsp3) is 0.300. The van der Waals surface area contributed by atoms with Gasteiger partial charge in [-0.05, 0) is 36.1 Å². The third kappa shape index (κ3) is 6.98. The second-order valence-corrected chi connectivity index (χ2v) is 6.06. The molecule has 0 aromatic heterocycles. The Bertz CT molecular complexity index is 689. The number of nitrogens with one attached hydrogen (secondary N) is 2. The van der Waals surface area contributed by atoms with Gasteiger partial charge in [0, 0.05) is 18.7 Å². The maximum absolute atomic E-state index is 12.0. The molecule has 25 heavy (non-hydrogen) atoms. The van der Waals surface area contributed by atoms with Gasteiger partial charge in [0.15, 0.2) is 0 Å². The molecular formula is C20H23ClN2O2. The molecule has 4 nitrogen and oxygen atoms in total. The molecular weight excluding hydrogens is 336 g/mol. The summed E-state index contributed by atoms with van der Waals surface area (Å²) in [6, 6.07) is 17.9. The minimum absolute atomic E-state index is 0.00926. The third-order valence-corrected chi connectivity index (χ3v) is 4.02. The Kier molecular flexibility index (Phi) is 7.99. The quantitative estimate of drug-likeness (QED) is 0.521. The Labute approximate surface area is 153 Å². The smallest absolute Gasteiger partial charge is 0.234 e. The largest absolute Gasteiger partial charge is 0.355 e. The van der Waals surface area contributed by atoms with Gasteiger partial charge in [0.2, 0.25) is 11.8 Å². The average molecular weight is 359 g/mol. The first-order valence-corrected chi connectivity index (χ1v) is 9.00. The first-order valence-electron chi connectivity index (χ1n) is 8.47. The van der Waals surface area contributed by atoms with Crippen LogP contribution < -0.4 is 10.6 Å². The molecule has 2 aromatic carbocycles. The van der Waals surface area contributed by atoms with E-state index in [0.717, 1.165) is 36.1 Å². The number of carbonyl (C=O) groups excluding carboxylic acids is 2. The molecule has 132 valence electrons. The van der Waals surface area contributed by atoms with Crippen LogP contribution in [0.4, 0.5) is 5.69 Å². The average Bonchev–Trinajstić information content (AvgIpc) is 2.65. The van der Waals surface area contributed by atoms with E-state index in [1.807, 2.05) is 54.6 Å². The van der Waals surface area contributed by atoms with E-state index in [9.17, 15) is 9.59 Å². The first-order chi connectivity index (χ1) is 12.2. The van der Waals surface area contributed by atoms with Crippen molar-refractivity contribution in [1.29, 1.82) is 0 Å². The second-order valence-electron chi connectivity index (χ2n) is 5.79. The normalized spacial score (nSPS) is 10.3. The summed E-state index contributed by atoms with van der Waals surface area (Å²) in [6.45, 7) is 0.603. The van der Waals surface area contributed by atoms with Crippen molar-refractivity contribution in [3.8, 4) is 11.1 Å². The van der Waals surface area contributed by atoms with Gasteiger partial charge in [0.1, 0.15) is 5.88 Å². The predicted molar refractivity (Wildman–Crippen MR) is 103 cm³/mol. The standard InChI is InChI=1S/C20H23ClN2O2/c21-15-20(25)22-13-6-2-5-12-19(24)23-18-11-7-10-17(14-18)16-8-3-1-4-9-16/h1,3-4,7-11,14H,2,5-6,12-13,15H2,(H,22,25)(H,23,24). The SMILES string of the molecule is O=C(CCl)NCCCCCC(=O)Nc1cccc(-c2ccccc2)c1. The lowest BCUT2D eigenvalue weighted by atomic mass is 10.1. The molecule has 0 aliphatic rings. The Hall–Kier alpha value is -2.33. The molecule has 0 radical (unpaired) electrons. The van der Waals surface area contributed by atoms with Crippen LogP contribution in [0, 0.1) is 0 Å². The van der Waals surface area contributed by atoms with Crippen LogP contribution in [0.15, 0.2) is 54.6 Å². The number of anilines is 1. The first kappa shape index (κ1) is 19.0. The van der Waals surface area contributed by atoms with Crippen molar-refractivity contribution >= 4 is 29.1 Å². The number of carbonyl (C=O) groups is 2. The van der Waals surface area contributed by atoms with Crippen molar-refractivity contribution in [3.05, 3.63) is 54.6 Å². The van der Waals surface area contributed by atoms with Crippen molar-refractivity contribution in [2.24, 2.45) is 0 Å². The van der Waals surface area contributed by atoms with E-state index in [0.29, 0.717) is 13.0 Å². The van der Waals surface area contributed by atoms with E-state index in [1.54, 1.807) is 0 Å². The molecule has 0 atom stereocenters. The van der Waals surface area contributed by atoms with Gasteiger partial charge in [0.25, 0.3) is 0 Å². The highest BCUT2D eigenvalue weighted by Gasteiger charge is 2.04. The summed E-state index contributed by atoms with van der Waals surface area (Å²) in [4.78, 5) is 23.0. The number of hydrogen-bond acceptors (Lipinski definition) is 2. The molecule has 0 aliphatic heterocycles. The van der Waals surface area contributed by atoms with Crippen LogP contribution >= 0.6 is 11.6 Å². The van der Waals surface area contributed by atoms with Crippen LogP contribution in [-0.4, -0.2) is 24.2 Å². The Morgan fingerprint density at radius 1 is 0.840 bits per heavy atom. The third-order valence-electron chi connectivity index (χ3n) is 3.78. The lowest BCUT2D eigenvalue weighted by molar-refractivity contribution is -0.119. The number of unbranched alkanes of at least 4 members (excludes halogenated alkanes) is 2. The van der Waals surface area contributed by atoms with E-state index in [-0.39, 0.29) is 17.7 Å². The van der Waals surface area contributed by atoms with Crippen molar-refractivity contribution in [2.45, 2.75) is 25.7 Å². The number of rotatable bonds is 9. The van der Waals surface area contributed by atoms with Crippen LogP contribution in [0.5, 0.6) is 0 Å². The monoisotopic (exact) mass is 358 g/mol. The van der Waals surface area contributed by atoms with Crippen LogP contribution in [0.3, 0.4) is 0 Å². The number of benzene rings is 2. The molecule has 0 aliphatic carbocycles. The van der Waals surface area contributed by atoms with Crippen molar-refractivity contribution in [3.63, 3.8) is 0 Å². The molecule has 2 amide bonds. The fourth-order valence-corrected chi connectivity index (χ4v) is 2.59. The summed E-state index contributed by atoms with van der Waals surface area (Å²) < 4.78 is 0. The van der Waals surface area contributed by atoms with Gasteiger partial charge < -0.3 is 10.6 Å². The molecule has 0 saturated carbocycles. The van der Waals surface area contributed by atoms with Gasteiger partial charge in [0.05, 0.1) is 0 Å². The molecule has 0 bridgehead atoms. The Morgan fingerprint density at radius 3 is 2.36 bits per heavy atom. The summed E-state index contributed by atoms with van der Waals surface area (Å²) >= 11 is 5.40. The van der Waals surface area contributed by atoms with Gasteiger partial charge in [-0.15, -0.1) is 11.6 Å². The number of halogens is 1. The lowest BCUT2D eigenvalue weighted by Gasteiger charge is -2.08. The van der Waals surface area contributed by atoms with Crippen molar-refractivity contribution in [1.82, 2.24) is 5.32 Å². The van der Waals surface area contributed by atoms with Crippen LogP contribution in [0.2, 0.25) is 0 Å². The van der Waals surface area contributed by atoms with Crippen molar-refractivity contribution < 1.29 is 9.59 Å². The highest BCUT2D eigenvalue weighted by molar-refractivity contribution is 6.27. The summed E-state index contributed by atoms with van der Waals surface area (Å²) in [5.41, 5.74) is 3.01. The zero-order chi connectivity index (χ0) is 17.9. The summed E-state index contributed by atoms with van der Waals surface area (Å²) in [6.07, 6.45) is 3.00. The fourth-order valence-electron chi connectivity index (χ4n) is 2.49. The van der Waals surface area contributed by atoms with Crippen molar-refractivity contribution in [2.75, 3.05) is 17.7 Å². The van der Waals surface area contributed by atoms with E-state index >= 15 is 0 Å². The number of alkyl halides is 1. The van der Waals surface area contributed by atoms with Crippen LogP contribution in [0.1, 0.15) is 25.7 Å². The zero-order valence-corrected chi connectivity index (χ0v) is 14.9. The van der Waals surface area contributed by atoms with Gasteiger partial charge in [-0.2, -0.15) is 0 Å². The molecule has 2 rings (SSSR count). The van der Waals surface area contributed by atoms with E-state index < -0.39 is 0 Å². The lowest BCUT2D eigenvalue weighted by Crippen LogP contribution is -2.25. The minimum Gasteiger partial charge on any atom is -0.355 e. The minimum atomic E-state index is -0.155. The molecule has 2 N–H and O–H groups in total. The molecule has 0 spiro atoms. The molecule has 0 heterocycles. The van der Waals surface area contributed by atoms with Gasteiger partial charge >= 0.3 is 0 Å². The zero-order valence-electron chi connectivity index (χ0n) is 14.1. The van der Waals surface area contributed by atoms with Gasteiger partial charge in [-0.3, -0.25) is 9.59 Å². The molecule has 2 aromatic rings. The van der Waals surface area contributed by atoms with E-state index in [1.165, 1.54) is 0 Å². The topological polar surface area (TPSA) is 58.2 Å². The molecule has 0 unspecified atom stereocenters. The molecule has 0 saturated heterocycles. The number of amides is 2. The Morgan fingerprint density at radius 2 is 1.60 bits per heavy atom. The van der Waals surface area contributed by atoms with Gasteiger partial charge in [-0.1, -0.05) is 48.9 Å². The van der Waals surface area contributed by atoms with Crippen LogP contribution in [-0.2, 0) is 9.59 Å². The number of hydrogen-bond donors (Lipinski definition) is 2. The highest BCUT2D eigenvalue weighted by atomic mass is 35.5. The molecule has 0 fully saturated rings. The Balaban J connectivity index is 1.73. The maximum Gasteiger partial charge on any atom is 0.234 e. The summed E-state index contributed by atoms with van der Waals surface area (Å²) in [5.74, 6) is -0.155. The predicted octanol–water partition coefficient (Wildman–Crippen LogP) is 4.21. The van der Waals surface area contributed by atoms with Gasteiger partial charge in [-0.25, -0.2) is 0 Å². The maximum atomic E-state index is 12.0. The van der Waals surface area contributed by atoms with E-state index in [4.69, 9.17) is 11.6 Å². The molecule has 5 heteroatoms.